The molecule has 0 unspecified atom stereocenters. The summed E-state index contributed by atoms with van der Waals surface area (Å²) in [7, 11) is 0. The summed E-state index contributed by atoms with van der Waals surface area (Å²) in [6.07, 6.45) is -10.1. The van der Waals surface area contributed by atoms with E-state index >= 15 is 0 Å². The molecule has 204 valence electrons. The van der Waals surface area contributed by atoms with Gasteiger partial charge in [-0.15, -0.1) is 0 Å². The molecule has 0 aromatic rings. The molecule has 0 radical (unpaired) electrons. The normalized spacial score (nSPS) is 16.0. The van der Waals surface area contributed by atoms with Gasteiger partial charge in [-0.3, -0.25) is 4.79 Å². The Morgan fingerprint density at radius 1 is 0.559 bits per heavy atom. The second kappa shape index (κ2) is 8.59. The van der Waals surface area contributed by atoms with Crippen LogP contribution in [0.1, 0.15) is 54.9 Å². The number of hydrogen-bond acceptors (Lipinski definition) is 2. The highest BCUT2D eigenvalue weighted by atomic mass is 19.4. The summed E-state index contributed by atoms with van der Waals surface area (Å²) in [5.41, 5.74) is -3.37. The van der Waals surface area contributed by atoms with E-state index in [4.69, 9.17) is 0 Å². The van der Waals surface area contributed by atoms with Crippen LogP contribution in [0.3, 0.4) is 0 Å². The fourth-order valence-corrected chi connectivity index (χ4v) is 3.11. The molecule has 0 heterocycles. The Morgan fingerprint density at radius 3 is 1.18 bits per heavy atom. The van der Waals surface area contributed by atoms with Gasteiger partial charge in [-0.2, -0.15) is 57.1 Å². The minimum atomic E-state index is -7.96. The molecule has 0 atom stereocenters. The van der Waals surface area contributed by atoms with E-state index in [0.717, 1.165) is 0 Å². The van der Waals surface area contributed by atoms with Gasteiger partial charge >= 0.3 is 41.8 Å². The van der Waals surface area contributed by atoms with E-state index in [2.05, 4.69) is 4.74 Å². The zero-order valence-electron chi connectivity index (χ0n) is 19.1. The Hall–Kier alpha value is -1.44. The molecule has 0 saturated carbocycles. The monoisotopic (exact) mass is 532 g/mol. The molecule has 0 fully saturated rings. The minimum absolute atomic E-state index is 0.937. The van der Waals surface area contributed by atoms with E-state index < -0.39 is 71.0 Å². The van der Waals surface area contributed by atoms with Gasteiger partial charge in [0.25, 0.3) is 0 Å². The van der Waals surface area contributed by atoms with Crippen LogP contribution in [-0.2, 0) is 9.53 Å². The maximum absolute atomic E-state index is 13.8. The lowest BCUT2D eigenvalue weighted by atomic mass is 9.55. The summed E-state index contributed by atoms with van der Waals surface area (Å²) in [5.74, 6) is -38.6. The lowest BCUT2D eigenvalue weighted by molar-refractivity contribution is -0.440. The van der Waals surface area contributed by atoms with E-state index in [-0.39, 0.29) is 0 Å². The smallest absolute Gasteiger partial charge is 0.460 e. The second-order valence-electron chi connectivity index (χ2n) is 10.0. The lowest BCUT2D eigenvalue weighted by Gasteiger charge is -2.48. The predicted octanol–water partition coefficient (Wildman–Crippen LogP) is 7.76. The van der Waals surface area contributed by atoms with Gasteiger partial charge < -0.3 is 4.74 Å². The topological polar surface area (TPSA) is 26.3 Å². The highest BCUT2D eigenvalue weighted by Crippen LogP contribution is 2.60. The molecule has 0 aliphatic heterocycles. The molecular weight excluding hydrogens is 507 g/mol. The van der Waals surface area contributed by atoms with Crippen molar-refractivity contribution in [1.29, 1.82) is 0 Å². The van der Waals surface area contributed by atoms with E-state index in [9.17, 15) is 61.9 Å². The molecule has 2 nitrogen and oxygen atoms in total. The highest BCUT2D eigenvalue weighted by molar-refractivity contribution is 5.78. The van der Waals surface area contributed by atoms with Gasteiger partial charge in [0.15, 0.2) is 0 Å². The van der Waals surface area contributed by atoms with Gasteiger partial charge in [-0.05, 0) is 17.8 Å². The van der Waals surface area contributed by atoms with Crippen molar-refractivity contribution < 1.29 is 66.6 Å². The van der Waals surface area contributed by atoms with Crippen LogP contribution in [0.15, 0.2) is 0 Å². The van der Waals surface area contributed by atoms with E-state index in [1.54, 1.807) is 0 Å². The first-order valence-electron chi connectivity index (χ1n) is 9.51. The molecule has 0 bridgehead atoms. The summed E-state index contributed by atoms with van der Waals surface area (Å²) in [6, 6.07) is 0. The molecule has 0 aromatic heterocycles. The third kappa shape index (κ3) is 4.80. The summed E-state index contributed by atoms with van der Waals surface area (Å²) >= 11 is 0. The number of rotatable bonds is 8. The molecular formula is C19H25F13O2. The average Bonchev–Trinajstić information content (AvgIpc) is 2.56. The van der Waals surface area contributed by atoms with Crippen molar-refractivity contribution in [3.05, 3.63) is 0 Å². The number of hydrogen-bond donors (Lipinski definition) is 0. The van der Waals surface area contributed by atoms with Crippen molar-refractivity contribution in [3.63, 3.8) is 0 Å². The first-order valence-corrected chi connectivity index (χ1v) is 9.51. The summed E-state index contributed by atoms with van der Waals surface area (Å²) in [4.78, 5) is 12.5. The molecule has 0 aliphatic carbocycles. The highest BCUT2D eigenvalue weighted by Gasteiger charge is 2.90. The lowest BCUT2D eigenvalue weighted by Crippen LogP contribution is -2.70. The molecule has 0 aliphatic rings. The standard InChI is InChI=1S/C19H25F13O2/c1-11(2,3)13(7,12(4,5)6)10(33)34-9-8-14(20,21)15(22,23)16(24,25)17(26,27)18(28,29)19(30,31)32/h8-9H2,1-7H3. The second-order valence-corrected chi connectivity index (χ2v) is 10.0. The Balaban J connectivity index is 5.97. The summed E-state index contributed by atoms with van der Waals surface area (Å²) < 4.78 is 175. The zero-order valence-corrected chi connectivity index (χ0v) is 19.1. The number of ether oxygens (including phenoxy) is 1. The van der Waals surface area contributed by atoms with E-state index in [1.165, 1.54) is 48.5 Å². The van der Waals surface area contributed by atoms with Crippen molar-refractivity contribution in [2.75, 3.05) is 6.61 Å². The van der Waals surface area contributed by atoms with Gasteiger partial charge in [0.2, 0.25) is 0 Å². The maximum Gasteiger partial charge on any atom is 0.460 e. The molecule has 15 heteroatoms. The van der Waals surface area contributed by atoms with Crippen molar-refractivity contribution >= 4 is 5.97 Å². The van der Waals surface area contributed by atoms with Gasteiger partial charge in [0, 0.05) is 0 Å². The third-order valence-corrected chi connectivity index (χ3v) is 6.06. The van der Waals surface area contributed by atoms with Crippen LogP contribution in [0.5, 0.6) is 0 Å². The fourth-order valence-electron chi connectivity index (χ4n) is 3.11. The van der Waals surface area contributed by atoms with Crippen LogP contribution in [0, 0.1) is 16.2 Å². The van der Waals surface area contributed by atoms with Crippen LogP contribution >= 0.6 is 0 Å². The predicted molar refractivity (Wildman–Crippen MR) is 93.4 cm³/mol. The third-order valence-electron chi connectivity index (χ3n) is 6.06. The first-order chi connectivity index (χ1) is 14.4. The van der Waals surface area contributed by atoms with Crippen LogP contribution in [-0.4, -0.2) is 48.4 Å². The molecule has 0 N–H and O–H groups in total. The Bertz CT molecular complexity index is 727. The van der Waals surface area contributed by atoms with Crippen LogP contribution in [0.4, 0.5) is 57.1 Å². The van der Waals surface area contributed by atoms with Gasteiger partial charge in [0.1, 0.15) is 0 Å². The molecule has 0 rings (SSSR count). The van der Waals surface area contributed by atoms with Gasteiger partial charge in [0.05, 0.1) is 18.4 Å². The summed E-state index contributed by atoms with van der Waals surface area (Å²) in [5, 5.41) is 0. The van der Waals surface area contributed by atoms with Crippen molar-refractivity contribution in [2.24, 2.45) is 16.2 Å². The number of esters is 1. The molecule has 0 spiro atoms. The molecule has 0 amide bonds. The van der Waals surface area contributed by atoms with Crippen LogP contribution < -0.4 is 0 Å². The molecule has 0 saturated heterocycles. The van der Waals surface area contributed by atoms with Gasteiger partial charge in [-0.1, -0.05) is 41.5 Å². The largest absolute Gasteiger partial charge is 0.465 e. The van der Waals surface area contributed by atoms with Gasteiger partial charge in [-0.25, -0.2) is 0 Å². The first kappa shape index (κ1) is 32.6. The number of carbonyl (C=O) groups excluding carboxylic acids is 1. The van der Waals surface area contributed by atoms with Crippen molar-refractivity contribution in [2.45, 2.75) is 90.7 Å². The fraction of sp³-hybridized carbons (Fsp3) is 0.947. The average molecular weight is 532 g/mol. The Morgan fingerprint density at radius 2 is 0.882 bits per heavy atom. The minimum Gasteiger partial charge on any atom is -0.465 e. The zero-order chi connectivity index (χ0) is 28.2. The van der Waals surface area contributed by atoms with E-state index in [1.807, 2.05) is 0 Å². The van der Waals surface area contributed by atoms with E-state index in [0.29, 0.717) is 0 Å². The van der Waals surface area contributed by atoms with Crippen molar-refractivity contribution in [1.82, 2.24) is 0 Å². The van der Waals surface area contributed by atoms with Crippen molar-refractivity contribution in [3.8, 4) is 0 Å². The summed E-state index contributed by atoms with van der Waals surface area (Å²) in [6.45, 7) is 8.77. The molecule has 0 aromatic carbocycles. The Labute approximate surface area is 187 Å². The number of alkyl halides is 13. The number of carbonyl (C=O) groups is 1. The molecule has 34 heavy (non-hydrogen) atoms. The maximum atomic E-state index is 13.8. The van der Waals surface area contributed by atoms with Crippen LogP contribution in [0.2, 0.25) is 0 Å². The quantitative estimate of drug-likeness (QED) is 0.236. The number of halogens is 13. The SMILES string of the molecule is CC(C)(C)C(C)(C(=O)OCCC(F)(F)C(F)(F)C(F)(F)C(F)(F)C(F)(F)C(F)(F)F)C(C)(C)C. The Kier molecular flexibility index (Phi) is 8.23. The van der Waals surface area contributed by atoms with Crippen LogP contribution in [0.25, 0.3) is 0 Å².